The van der Waals surface area contributed by atoms with Gasteiger partial charge in [0, 0.05) is 64.2 Å². The Kier molecular flexibility index (Phi) is 27.2. The summed E-state index contributed by atoms with van der Waals surface area (Å²) < 4.78 is 33.0. The van der Waals surface area contributed by atoms with Gasteiger partial charge >= 0.3 is 35.9 Å². The van der Waals surface area contributed by atoms with Crippen molar-refractivity contribution < 1.29 is 95.9 Å². The molecule has 11 atom stereocenters. The number of benzene rings is 2. The molecular formula is C60H84N10O20. The van der Waals surface area contributed by atoms with Gasteiger partial charge in [-0.05, 0) is 71.1 Å². The molecule has 4 rings (SSSR count). The number of ether oxygens (including phenoxy) is 6. The largest absolute Gasteiger partial charge is 0.480 e. The Morgan fingerprint density at radius 2 is 1.16 bits per heavy atom. The number of alkyl carbamates (subject to hydrolysis) is 1. The lowest BCUT2D eigenvalue weighted by molar-refractivity contribution is -0.228. The molecule has 0 radical (unpaired) electrons. The van der Waals surface area contributed by atoms with E-state index in [0.717, 1.165) is 27.7 Å². The van der Waals surface area contributed by atoms with Gasteiger partial charge in [-0.3, -0.25) is 52.7 Å². The monoisotopic (exact) mass is 1260 g/mol. The molecule has 1 aromatic heterocycles. The van der Waals surface area contributed by atoms with E-state index in [9.17, 15) is 62.6 Å². The second-order valence-corrected chi connectivity index (χ2v) is 23.9. The minimum absolute atomic E-state index is 0.138. The lowest BCUT2D eigenvalue weighted by Crippen LogP contribution is -2.69. The number of carboxylic acids is 1. The summed E-state index contributed by atoms with van der Waals surface area (Å²) >= 11 is 0. The van der Waals surface area contributed by atoms with E-state index in [1.165, 1.54) is 20.8 Å². The van der Waals surface area contributed by atoms with Gasteiger partial charge in [0.05, 0.1) is 12.8 Å². The van der Waals surface area contributed by atoms with Gasteiger partial charge in [0.2, 0.25) is 41.4 Å². The maximum Gasteiger partial charge on any atom is 0.407 e. The van der Waals surface area contributed by atoms with Gasteiger partial charge in [-0.25, -0.2) is 9.59 Å². The fourth-order valence-corrected chi connectivity index (χ4v) is 9.28. The Labute approximate surface area is 519 Å². The van der Waals surface area contributed by atoms with Gasteiger partial charge in [0.1, 0.15) is 66.2 Å². The van der Waals surface area contributed by atoms with Crippen molar-refractivity contribution >= 4 is 88.2 Å². The van der Waals surface area contributed by atoms with Crippen LogP contribution in [0.3, 0.4) is 0 Å². The Bertz CT molecular complexity index is 3070. The first-order valence-electron chi connectivity index (χ1n) is 29.0. The first-order chi connectivity index (χ1) is 42.0. The normalized spacial score (nSPS) is 18.4. The Hall–Kier alpha value is -9.19. The molecule has 2 aromatic carbocycles. The third-order valence-electron chi connectivity index (χ3n) is 13.0. The van der Waals surface area contributed by atoms with Crippen LogP contribution in [0.25, 0.3) is 10.9 Å². The van der Waals surface area contributed by atoms with Crippen LogP contribution in [0.2, 0.25) is 0 Å². The molecule has 30 nitrogen and oxygen atoms in total. The molecule has 494 valence electrons. The van der Waals surface area contributed by atoms with Crippen molar-refractivity contribution in [2.75, 3.05) is 13.2 Å². The molecule has 1 saturated heterocycles. The Balaban J connectivity index is 1.83. The van der Waals surface area contributed by atoms with Crippen molar-refractivity contribution in [1.29, 1.82) is 0 Å². The smallest absolute Gasteiger partial charge is 0.407 e. The number of aromatic amines is 1. The number of carboxylic acid groups (broad SMARTS) is 1. The fraction of sp³-hybridized carbons (Fsp3) is 0.550. The number of nitrogens with one attached hydrogen (secondary N) is 9. The highest BCUT2D eigenvalue weighted by Crippen LogP contribution is 2.27. The summed E-state index contributed by atoms with van der Waals surface area (Å²) in [5.74, 6) is -13.2. The molecule has 2 heterocycles. The third kappa shape index (κ3) is 24.8. The molecule has 12 N–H and O–H groups in total. The topological polar surface area (TPSA) is 436 Å². The minimum atomic E-state index is -2.11. The molecule has 30 heteroatoms. The van der Waals surface area contributed by atoms with Crippen LogP contribution in [0.1, 0.15) is 113 Å². The van der Waals surface area contributed by atoms with Crippen LogP contribution in [0, 0.1) is 5.92 Å². The summed E-state index contributed by atoms with van der Waals surface area (Å²) in [5.41, 5.74) is 5.72. The van der Waals surface area contributed by atoms with E-state index in [1.807, 2.05) is 0 Å². The van der Waals surface area contributed by atoms with Crippen molar-refractivity contribution in [1.82, 2.24) is 47.5 Å². The average Bonchev–Trinajstić information content (AvgIpc) is 1.06. The molecule has 3 aromatic rings. The van der Waals surface area contributed by atoms with Crippen molar-refractivity contribution in [2.45, 2.75) is 193 Å². The molecule has 1 aliphatic heterocycles. The lowest BCUT2D eigenvalue weighted by Gasteiger charge is -2.45. The van der Waals surface area contributed by atoms with Crippen molar-refractivity contribution in [3.8, 4) is 0 Å². The number of amides is 8. The molecule has 0 unspecified atom stereocenters. The van der Waals surface area contributed by atoms with Crippen LogP contribution < -0.4 is 48.3 Å². The third-order valence-corrected chi connectivity index (χ3v) is 13.0. The molecule has 0 bridgehead atoms. The van der Waals surface area contributed by atoms with Gasteiger partial charge in [0.25, 0.3) is 0 Å². The summed E-state index contributed by atoms with van der Waals surface area (Å²) in [6, 6.07) is 3.42. The molecule has 1 aliphatic rings. The van der Waals surface area contributed by atoms with E-state index in [0.29, 0.717) is 22.0 Å². The van der Waals surface area contributed by atoms with Crippen LogP contribution in [-0.4, -0.2) is 179 Å². The number of H-pyrrole nitrogens is 1. The van der Waals surface area contributed by atoms with Gasteiger partial charge in [0.15, 0.2) is 18.4 Å². The highest BCUT2D eigenvalue weighted by atomic mass is 16.6. The van der Waals surface area contributed by atoms with Gasteiger partial charge < -0.3 is 86.8 Å². The first kappa shape index (κ1) is 73.3. The highest BCUT2D eigenvalue weighted by molar-refractivity contribution is 5.99. The standard InChI is InChI=1S/C60H84N10O20/c1-30(2)22-40(65-51(77)38(61)28-63-58(84)90-60(10,11)12)52(78)67-42(25-46(75)70-56-48(64-31(3)71)50(87-34(6)74)49(86-33(5)73)45(88-56)29-85-32(4)72)54(80)68-43(26-47(76)89-59(7,8)9)55(81)66-41(24-36-27-62-39-21-17-16-20-37(36)39)53(79)69-44(57(82)83)23-35-18-14-13-15-19-35/h13-21,27,30,38,40-45,48-50,56,62H,22-26,28-29,61H2,1-12H3,(H,63,84)(H,64,71)(H,65,77)(H,66,81)(H,67,78)(H,68,80)(H,69,79)(H,70,75)(H,82,83)/t38-,40+,41+,42+,43+,44+,45-,48-,49-,50-,56-/m1/s1. The molecule has 90 heavy (non-hydrogen) atoms. The summed E-state index contributed by atoms with van der Waals surface area (Å²) in [4.78, 5) is 179. The second kappa shape index (κ2) is 33.4. The zero-order valence-electron chi connectivity index (χ0n) is 52.4. The van der Waals surface area contributed by atoms with Crippen molar-refractivity contribution in [3.05, 3.63) is 71.9 Å². The predicted octanol–water partition coefficient (Wildman–Crippen LogP) is 0.254. The fourth-order valence-electron chi connectivity index (χ4n) is 9.28. The Morgan fingerprint density at radius 1 is 0.622 bits per heavy atom. The van der Waals surface area contributed by atoms with E-state index >= 15 is 4.79 Å². The number of hydrogen-bond acceptors (Lipinski definition) is 20. The van der Waals surface area contributed by atoms with E-state index in [2.05, 4.69) is 47.5 Å². The molecule has 0 saturated carbocycles. The van der Waals surface area contributed by atoms with Crippen LogP contribution >= 0.6 is 0 Å². The van der Waals surface area contributed by atoms with E-state index < -0.39 is 181 Å². The second-order valence-electron chi connectivity index (χ2n) is 23.9. The van der Waals surface area contributed by atoms with Gasteiger partial charge in [-0.2, -0.15) is 0 Å². The summed E-state index contributed by atoms with van der Waals surface area (Å²) in [6.45, 7) is 15.7. The molecule has 0 aliphatic carbocycles. The lowest BCUT2D eigenvalue weighted by atomic mass is 9.94. The average molecular weight is 1270 g/mol. The number of fused-ring (bicyclic) bond motifs is 1. The van der Waals surface area contributed by atoms with E-state index in [4.69, 9.17) is 34.2 Å². The molecule has 0 spiro atoms. The Morgan fingerprint density at radius 3 is 1.72 bits per heavy atom. The number of esters is 4. The zero-order chi connectivity index (χ0) is 67.4. The summed E-state index contributed by atoms with van der Waals surface area (Å²) in [6.07, 6.45) is -8.57. The quantitative estimate of drug-likeness (QED) is 0.0328. The number of carbonyl (C=O) groups excluding carboxylic acids is 12. The zero-order valence-corrected chi connectivity index (χ0v) is 52.4. The van der Waals surface area contributed by atoms with Gasteiger partial charge in [-0.15, -0.1) is 0 Å². The van der Waals surface area contributed by atoms with Crippen LogP contribution in [0.4, 0.5) is 4.79 Å². The number of aliphatic carboxylic acids is 1. The van der Waals surface area contributed by atoms with Crippen molar-refractivity contribution in [3.63, 3.8) is 0 Å². The number of carbonyl (C=O) groups is 13. The summed E-state index contributed by atoms with van der Waals surface area (Å²) in [5, 5.41) is 30.6. The summed E-state index contributed by atoms with van der Waals surface area (Å²) in [7, 11) is 0. The SMILES string of the molecule is CC(=O)N[C@@H]1[C@@H](OC(C)=O)[C@H](OC(C)=O)[C@@H](COC(C)=O)O[C@H]1NC(=O)C[C@H](NC(=O)[C@H](CC(C)C)NC(=O)[C@H](N)CNC(=O)OC(C)(C)C)C(=O)N[C@@H](CC(=O)OC(C)(C)C)C(=O)N[C@@H](Cc1c[nH]c2ccccc12)C(=O)N[C@@H](Cc1ccccc1)C(=O)O. The maximum atomic E-state index is 15.1. The number of rotatable bonds is 29. The van der Waals surface area contributed by atoms with Gasteiger partial charge in [-0.1, -0.05) is 62.4 Å². The highest BCUT2D eigenvalue weighted by Gasteiger charge is 2.51. The van der Waals surface area contributed by atoms with E-state index in [-0.39, 0.29) is 25.2 Å². The number of hydrogen-bond donors (Lipinski definition) is 11. The molecular weight excluding hydrogens is 1180 g/mol. The molecule has 8 amide bonds. The maximum absolute atomic E-state index is 15.1. The van der Waals surface area contributed by atoms with Crippen molar-refractivity contribution in [2.24, 2.45) is 11.7 Å². The van der Waals surface area contributed by atoms with Crippen LogP contribution in [-0.2, 0) is 98.8 Å². The molecule has 1 fully saturated rings. The number of nitrogens with two attached hydrogens (primary N) is 1. The minimum Gasteiger partial charge on any atom is -0.480 e. The first-order valence-corrected chi connectivity index (χ1v) is 29.0. The van der Waals surface area contributed by atoms with Crippen LogP contribution in [0.5, 0.6) is 0 Å². The number of aromatic nitrogens is 1. The predicted molar refractivity (Wildman–Crippen MR) is 318 cm³/mol. The van der Waals surface area contributed by atoms with E-state index in [1.54, 1.807) is 95.4 Å². The van der Waals surface area contributed by atoms with Crippen LogP contribution in [0.15, 0.2) is 60.8 Å². The number of para-hydroxylation sites is 1.